The fraction of sp³-hybridized carbons (Fsp3) is 0.300. The first-order chi connectivity index (χ1) is 14.7. The molecule has 2 N–H and O–H groups in total. The van der Waals surface area contributed by atoms with Crippen LogP contribution in [0.5, 0.6) is 23.0 Å². The highest BCUT2D eigenvalue weighted by molar-refractivity contribution is 7.92. The molecule has 0 spiro atoms. The molecule has 0 aliphatic carbocycles. The van der Waals surface area contributed by atoms with Crippen molar-refractivity contribution >= 4 is 27.8 Å². The second kappa shape index (κ2) is 10.5. The number of methoxy groups -OCH3 is 2. The molecule has 2 rings (SSSR count). The normalized spacial score (nSPS) is 11.2. The Bertz CT molecular complexity index is 1050. The van der Waals surface area contributed by atoms with Gasteiger partial charge in [-0.15, -0.1) is 0 Å². The summed E-state index contributed by atoms with van der Waals surface area (Å²) in [7, 11) is -0.988. The molecule has 0 atom stereocenters. The van der Waals surface area contributed by atoms with E-state index in [0.717, 1.165) is 10.6 Å². The van der Waals surface area contributed by atoms with E-state index < -0.39 is 22.5 Å². The Kier molecular flexibility index (Phi) is 8.08. The number of benzene rings is 2. The smallest absolute Gasteiger partial charge is 0.260 e. The van der Waals surface area contributed by atoms with Crippen LogP contribution in [0.1, 0.15) is 12.5 Å². The summed E-state index contributed by atoms with van der Waals surface area (Å²) in [5, 5.41) is 13.6. The predicted octanol–water partition coefficient (Wildman–Crippen LogP) is 1.72. The number of ether oxygens (including phenoxy) is 3. The first-order valence-corrected chi connectivity index (χ1v) is 11.0. The average molecular weight is 452 g/mol. The highest BCUT2D eigenvalue weighted by atomic mass is 32.2. The predicted molar refractivity (Wildman–Crippen MR) is 117 cm³/mol. The maximum Gasteiger partial charge on any atom is 0.260 e. The molecule has 0 aliphatic heterocycles. The minimum absolute atomic E-state index is 0.0148. The molecular weight excluding hydrogens is 426 g/mol. The van der Waals surface area contributed by atoms with Gasteiger partial charge in [0, 0.05) is 6.07 Å². The number of carbonyl (C=O) groups is 1. The number of hydrazone groups is 1. The number of phenols is 1. The number of hydrogen-bond donors (Lipinski definition) is 2. The van der Waals surface area contributed by atoms with Gasteiger partial charge < -0.3 is 19.3 Å². The summed E-state index contributed by atoms with van der Waals surface area (Å²) in [6, 6.07) is 9.19. The highest BCUT2D eigenvalue weighted by Gasteiger charge is 2.24. The van der Waals surface area contributed by atoms with Crippen LogP contribution in [0.2, 0.25) is 0 Å². The molecule has 0 aromatic heterocycles. The summed E-state index contributed by atoms with van der Waals surface area (Å²) < 4.78 is 41.2. The van der Waals surface area contributed by atoms with Gasteiger partial charge in [-0.05, 0) is 42.8 Å². The molecule has 168 valence electrons. The molecule has 0 fully saturated rings. The third kappa shape index (κ3) is 6.51. The number of carbonyl (C=O) groups excluding carboxylic acids is 1. The Labute approximate surface area is 181 Å². The Morgan fingerprint density at radius 2 is 1.90 bits per heavy atom. The van der Waals surface area contributed by atoms with E-state index in [1.165, 1.54) is 32.6 Å². The van der Waals surface area contributed by atoms with Crippen LogP contribution in [0.25, 0.3) is 0 Å². The van der Waals surface area contributed by atoms with Gasteiger partial charge in [0.2, 0.25) is 10.0 Å². The van der Waals surface area contributed by atoms with Gasteiger partial charge in [0.05, 0.1) is 39.0 Å². The Morgan fingerprint density at radius 1 is 1.16 bits per heavy atom. The molecule has 10 nitrogen and oxygen atoms in total. The topological polar surface area (TPSA) is 127 Å². The number of nitrogens with zero attached hydrogens (tertiary/aromatic N) is 2. The Hall–Kier alpha value is -3.47. The summed E-state index contributed by atoms with van der Waals surface area (Å²) in [5.41, 5.74) is 3.01. The van der Waals surface area contributed by atoms with Crippen LogP contribution in [0.3, 0.4) is 0 Å². The minimum Gasteiger partial charge on any atom is -0.504 e. The van der Waals surface area contributed by atoms with Gasteiger partial charge in [0.25, 0.3) is 5.91 Å². The van der Waals surface area contributed by atoms with Crippen molar-refractivity contribution in [2.45, 2.75) is 6.92 Å². The lowest BCUT2D eigenvalue weighted by Crippen LogP contribution is -2.39. The zero-order chi connectivity index (χ0) is 23.0. The summed E-state index contributed by atoms with van der Waals surface area (Å²) in [4.78, 5) is 12.4. The lowest BCUT2D eigenvalue weighted by molar-refractivity contribution is -0.119. The van der Waals surface area contributed by atoms with E-state index in [2.05, 4.69) is 10.5 Å². The van der Waals surface area contributed by atoms with Gasteiger partial charge in [-0.3, -0.25) is 9.10 Å². The van der Waals surface area contributed by atoms with E-state index in [4.69, 9.17) is 14.2 Å². The Balaban J connectivity index is 2.18. The average Bonchev–Trinajstić information content (AvgIpc) is 2.73. The van der Waals surface area contributed by atoms with Crippen LogP contribution in [-0.2, 0) is 14.8 Å². The van der Waals surface area contributed by atoms with Crippen molar-refractivity contribution < 1.29 is 32.5 Å². The molecule has 2 aromatic rings. The number of phenolic OH excluding ortho intramolecular Hbond substituents is 1. The summed E-state index contributed by atoms with van der Waals surface area (Å²) in [6.07, 6.45) is 2.32. The quantitative estimate of drug-likeness (QED) is 0.416. The van der Waals surface area contributed by atoms with Gasteiger partial charge in [0.1, 0.15) is 18.0 Å². The van der Waals surface area contributed by atoms with Crippen LogP contribution in [0.4, 0.5) is 5.69 Å². The zero-order valence-corrected chi connectivity index (χ0v) is 18.5. The summed E-state index contributed by atoms with van der Waals surface area (Å²) in [5.74, 6) is 0.260. The zero-order valence-electron chi connectivity index (χ0n) is 17.7. The maximum atomic E-state index is 12.4. The van der Waals surface area contributed by atoms with Gasteiger partial charge >= 0.3 is 0 Å². The van der Waals surface area contributed by atoms with E-state index in [-0.39, 0.29) is 22.9 Å². The fourth-order valence-corrected chi connectivity index (χ4v) is 3.45. The molecule has 1 amide bonds. The molecule has 0 bridgehead atoms. The van der Waals surface area contributed by atoms with Crippen molar-refractivity contribution in [1.82, 2.24) is 5.43 Å². The van der Waals surface area contributed by atoms with Gasteiger partial charge in [-0.25, -0.2) is 13.8 Å². The highest BCUT2D eigenvalue weighted by Crippen LogP contribution is 2.33. The van der Waals surface area contributed by atoms with Gasteiger partial charge in [0.15, 0.2) is 11.5 Å². The Morgan fingerprint density at radius 3 is 2.52 bits per heavy atom. The maximum absolute atomic E-state index is 12.4. The van der Waals surface area contributed by atoms with Gasteiger partial charge in [-0.1, -0.05) is 0 Å². The third-order valence-electron chi connectivity index (χ3n) is 4.03. The molecule has 0 saturated heterocycles. The third-order valence-corrected chi connectivity index (χ3v) is 5.16. The van der Waals surface area contributed by atoms with Crippen molar-refractivity contribution in [2.75, 3.05) is 37.9 Å². The van der Waals surface area contributed by atoms with Crippen molar-refractivity contribution in [3.63, 3.8) is 0 Å². The number of nitrogens with one attached hydrogen (secondary N) is 1. The number of aromatic hydroxyl groups is 1. The van der Waals surface area contributed by atoms with E-state index in [0.29, 0.717) is 17.9 Å². The lowest BCUT2D eigenvalue weighted by Gasteiger charge is -2.23. The standard InChI is InChI=1S/C20H25N3O7S/c1-5-30-19-10-14(6-8-17(19)24)12-21-22-20(25)13-23(31(4,26)27)16-11-15(28-2)7-9-18(16)29-3/h6-12,24H,5,13H2,1-4H3,(H,22,25)/b21-12-. The van der Waals surface area contributed by atoms with Crippen molar-refractivity contribution in [3.8, 4) is 23.0 Å². The minimum atomic E-state index is -3.82. The van der Waals surface area contributed by atoms with Crippen LogP contribution in [-0.4, -0.2) is 59.3 Å². The molecule has 0 saturated carbocycles. The number of anilines is 1. The van der Waals surface area contributed by atoms with Crippen molar-refractivity contribution in [1.29, 1.82) is 0 Å². The number of hydrogen-bond acceptors (Lipinski definition) is 8. The SMILES string of the molecule is CCOc1cc(/C=N\NC(=O)CN(c2cc(OC)ccc2OC)S(C)(=O)=O)ccc1O. The molecule has 0 radical (unpaired) electrons. The first-order valence-electron chi connectivity index (χ1n) is 9.17. The summed E-state index contributed by atoms with van der Waals surface area (Å²) >= 11 is 0. The van der Waals surface area contributed by atoms with Gasteiger partial charge in [-0.2, -0.15) is 5.10 Å². The lowest BCUT2D eigenvalue weighted by atomic mass is 10.2. The van der Waals surface area contributed by atoms with Crippen LogP contribution < -0.4 is 23.9 Å². The van der Waals surface area contributed by atoms with E-state index in [1.54, 1.807) is 31.2 Å². The molecule has 0 heterocycles. The first kappa shape index (κ1) is 23.8. The van der Waals surface area contributed by atoms with E-state index in [9.17, 15) is 18.3 Å². The molecular formula is C20H25N3O7S. The van der Waals surface area contributed by atoms with E-state index >= 15 is 0 Å². The van der Waals surface area contributed by atoms with Crippen LogP contribution in [0.15, 0.2) is 41.5 Å². The molecule has 11 heteroatoms. The van der Waals surface area contributed by atoms with Crippen molar-refractivity contribution in [2.24, 2.45) is 5.10 Å². The van der Waals surface area contributed by atoms with E-state index in [1.807, 2.05) is 0 Å². The fourth-order valence-electron chi connectivity index (χ4n) is 2.60. The summed E-state index contributed by atoms with van der Waals surface area (Å²) in [6.45, 7) is 1.63. The number of amides is 1. The van der Waals surface area contributed by atoms with Crippen molar-refractivity contribution in [3.05, 3.63) is 42.0 Å². The largest absolute Gasteiger partial charge is 0.504 e. The molecule has 2 aromatic carbocycles. The number of rotatable bonds is 10. The molecule has 31 heavy (non-hydrogen) atoms. The molecule has 0 unspecified atom stereocenters. The molecule has 0 aliphatic rings. The van der Waals surface area contributed by atoms with Crippen LogP contribution >= 0.6 is 0 Å². The number of sulfonamides is 1. The second-order valence-electron chi connectivity index (χ2n) is 6.26. The monoisotopic (exact) mass is 451 g/mol. The van der Waals surface area contributed by atoms with Crippen LogP contribution in [0, 0.1) is 0 Å². The second-order valence-corrected chi connectivity index (χ2v) is 8.17.